The van der Waals surface area contributed by atoms with E-state index in [1.54, 1.807) is 0 Å². The normalized spacial score (nSPS) is 11.7. The third-order valence-electron chi connectivity index (χ3n) is 3.32. The maximum atomic E-state index is 14.2. The molecule has 1 atom stereocenters. The lowest BCUT2D eigenvalue weighted by Crippen LogP contribution is -2.43. The Labute approximate surface area is 159 Å². The Morgan fingerprint density at radius 3 is 2.38 bits per heavy atom. The van der Waals surface area contributed by atoms with E-state index < -0.39 is 53.2 Å². The standard InChI is InChI=1S/C16H12F3IN2O4/c17-9-3-2-8(15(24)22-12(6-23)16(25)26)14(13(9)19)21-11-4-1-7(20)5-10(11)18/h1-5,12,21,23H,6H2,(H,22,24)(H,25,26)/t12-/m0/s1. The van der Waals surface area contributed by atoms with Crippen LogP contribution in [0.25, 0.3) is 0 Å². The van der Waals surface area contributed by atoms with Gasteiger partial charge in [-0.15, -0.1) is 0 Å². The molecule has 0 bridgehead atoms. The fourth-order valence-corrected chi connectivity index (χ4v) is 2.46. The zero-order valence-corrected chi connectivity index (χ0v) is 15.1. The second kappa shape index (κ2) is 8.36. The second-order valence-electron chi connectivity index (χ2n) is 5.08. The number of amides is 1. The number of carboxylic acids is 1. The van der Waals surface area contributed by atoms with Gasteiger partial charge in [0.15, 0.2) is 17.7 Å². The molecule has 2 rings (SSSR count). The van der Waals surface area contributed by atoms with E-state index in [9.17, 15) is 22.8 Å². The molecule has 0 heterocycles. The van der Waals surface area contributed by atoms with Crippen molar-refractivity contribution in [2.45, 2.75) is 6.04 Å². The molecule has 2 aromatic rings. The number of anilines is 2. The van der Waals surface area contributed by atoms with E-state index in [4.69, 9.17) is 10.2 Å². The number of aliphatic carboxylic acids is 1. The molecular formula is C16H12F3IN2O4. The van der Waals surface area contributed by atoms with Crippen molar-refractivity contribution in [3.05, 3.63) is 56.9 Å². The van der Waals surface area contributed by atoms with Crippen LogP contribution in [0.15, 0.2) is 30.3 Å². The van der Waals surface area contributed by atoms with Crippen molar-refractivity contribution >= 4 is 45.8 Å². The Bertz CT molecular complexity index is 864. The van der Waals surface area contributed by atoms with Gasteiger partial charge in [-0.3, -0.25) is 4.79 Å². The molecule has 0 aliphatic rings. The van der Waals surface area contributed by atoms with E-state index in [2.05, 4.69) is 5.32 Å². The molecule has 0 unspecified atom stereocenters. The maximum Gasteiger partial charge on any atom is 0.328 e. The van der Waals surface area contributed by atoms with Gasteiger partial charge in [0.1, 0.15) is 5.82 Å². The summed E-state index contributed by atoms with van der Waals surface area (Å²) in [6.45, 7) is -0.904. The van der Waals surface area contributed by atoms with E-state index >= 15 is 0 Å². The van der Waals surface area contributed by atoms with Crippen LogP contribution in [0.3, 0.4) is 0 Å². The number of hydrogen-bond acceptors (Lipinski definition) is 4. The van der Waals surface area contributed by atoms with Crippen molar-refractivity contribution in [2.75, 3.05) is 11.9 Å². The van der Waals surface area contributed by atoms with Crippen LogP contribution in [0, 0.1) is 21.0 Å². The summed E-state index contributed by atoms with van der Waals surface area (Å²) in [7, 11) is 0. The number of rotatable bonds is 6. The maximum absolute atomic E-state index is 14.2. The lowest BCUT2D eigenvalue weighted by atomic mass is 10.1. The third-order valence-corrected chi connectivity index (χ3v) is 3.99. The SMILES string of the molecule is O=C(N[C@@H](CO)C(=O)O)c1ccc(F)c(F)c1Nc1ccc(I)cc1F. The summed E-state index contributed by atoms with van der Waals surface area (Å²) in [5.41, 5.74) is -1.33. The lowest BCUT2D eigenvalue weighted by Gasteiger charge is -2.16. The quantitative estimate of drug-likeness (QED) is 0.477. The van der Waals surface area contributed by atoms with Gasteiger partial charge in [0.05, 0.1) is 23.5 Å². The zero-order valence-electron chi connectivity index (χ0n) is 12.9. The summed E-state index contributed by atoms with van der Waals surface area (Å²) in [5.74, 6) is -6.08. The van der Waals surface area contributed by atoms with Crippen molar-refractivity contribution in [3.8, 4) is 0 Å². The predicted molar refractivity (Wildman–Crippen MR) is 94.7 cm³/mol. The lowest BCUT2D eigenvalue weighted by molar-refractivity contribution is -0.140. The number of carboxylic acid groups (broad SMARTS) is 1. The molecule has 0 spiro atoms. The molecule has 0 aromatic heterocycles. The zero-order chi connectivity index (χ0) is 19.4. The van der Waals surface area contributed by atoms with Gasteiger partial charge in [-0.05, 0) is 52.9 Å². The average molecular weight is 480 g/mol. The predicted octanol–water partition coefficient (Wildman–Crippen LogP) is 2.63. The highest BCUT2D eigenvalue weighted by atomic mass is 127. The third kappa shape index (κ3) is 4.43. The van der Waals surface area contributed by atoms with E-state index in [1.807, 2.05) is 27.9 Å². The number of nitrogens with one attached hydrogen (secondary N) is 2. The van der Waals surface area contributed by atoms with Crippen molar-refractivity contribution in [1.29, 1.82) is 0 Å². The smallest absolute Gasteiger partial charge is 0.328 e. The monoisotopic (exact) mass is 480 g/mol. The highest BCUT2D eigenvalue weighted by Gasteiger charge is 2.24. The molecule has 0 fully saturated rings. The minimum Gasteiger partial charge on any atom is -0.480 e. The fraction of sp³-hybridized carbons (Fsp3) is 0.125. The Morgan fingerprint density at radius 2 is 1.81 bits per heavy atom. The number of carbonyl (C=O) groups excluding carboxylic acids is 1. The summed E-state index contributed by atoms with van der Waals surface area (Å²) in [6, 6.07) is 3.88. The molecule has 6 nitrogen and oxygen atoms in total. The summed E-state index contributed by atoms with van der Waals surface area (Å²) in [4.78, 5) is 23.1. The first-order chi connectivity index (χ1) is 12.2. The van der Waals surface area contributed by atoms with Crippen molar-refractivity contribution < 1.29 is 33.0 Å². The first kappa shape index (κ1) is 20.0. The van der Waals surface area contributed by atoms with Crippen molar-refractivity contribution in [2.24, 2.45) is 0 Å². The van der Waals surface area contributed by atoms with Gasteiger partial charge in [0.25, 0.3) is 5.91 Å². The Balaban J connectivity index is 2.43. The van der Waals surface area contributed by atoms with Gasteiger partial charge >= 0.3 is 5.97 Å². The Hall–Kier alpha value is -2.34. The van der Waals surface area contributed by atoms with Crippen LogP contribution in [0.4, 0.5) is 24.5 Å². The number of carbonyl (C=O) groups is 2. The number of benzene rings is 2. The number of aliphatic hydroxyl groups excluding tert-OH is 1. The molecule has 0 saturated carbocycles. The summed E-state index contributed by atoms with van der Waals surface area (Å²) in [6.07, 6.45) is 0. The summed E-state index contributed by atoms with van der Waals surface area (Å²) >= 11 is 1.86. The van der Waals surface area contributed by atoms with Gasteiger partial charge in [-0.1, -0.05) is 0 Å². The Morgan fingerprint density at radius 1 is 1.12 bits per heavy atom. The van der Waals surface area contributed by atoms with E-state index in [-0.39, 0.29) is 5.69 Å². The van der Waals surface area contributed by atoms with Crippen LogP contribution >= 0.6 is 22.6 Å². The van der Waals surface area contributed by atoms with Crippen LogP contribution in [-0.4, -0.2) is 34.7 Å². The molecule has 0 aliphatic carbocycles. The van der Waals surface area contributed by atoms with Crippen LogP contribution < -0.4 is 10.6 Å². The molecule has 0 aliphatic heterocycles. The van der Waals surface area contributed by atoms with Crippen LogP contribution in [0.5, 0.6) is 0 Å². The van der Waals surface area contributed by atoms with Crippen molar-refractivity contribution in [3.63, 3.8) is 0 Å². The first-order valence-corrected chi connectivity index (χ1v) is 8.17. The summed E-state index contributed by atoms with van der Waals surface area (Å²) in [5, 5.41) is 22.1. The second-order valence-corrected chi connectivity index (χ2v) is 6.33. The summed E-state index contributed by atoms with van der Waals surface area (Å²) < 4.78 is 42.3. The molecule has 0 radical (unpaired) electrons. The van der Waals surface area contributed by atoms with Crippen molar-refractivity contribution in [1.82, 2.24) is 5.32 Å². The fourth-order valence-electron chi connectivity index (χ4n) is 2.01. The van der Waals surface area contributed by atoms with Crippen LogP contribution in [-0.2, 0) is 4.79 Å². The number of halogens is 4. The molecule has 0 saturated heterocycles. The highest BCUT2D eigenvalue weighted by molar-refractivity contribution is 14.1. The first-order valence-electron chi connectivity index (χ1n) is 7.09. The van der Waals surface area contributed by atoms with Crippen LogP contribution in [0.2, 0.25) is 0 Å². The molecule has 2 aromatic carbocycles. The van der Waals surface area contributed by atoms with Gasteiger partial charge in [0, 0.05) is 3.57 Å². The molecule has 138 valence electrons. The number of aliphatic hydroxyl groups is 1. The largest absolute Gasteiger partial charge is 0.480 e. The minimum atomic E-state index is -1.64. The number of hydrogen-bond donors (Lipinski definition) is 4. The molecular weight excluding hydrogens is 468 g/mol. The molecule has 26 heavy (non-hydrogen) atoms. The van der Waals surface area contributed by atoms with Crippen LogP contribution in [0.1, 0.15) is 10.4 Å². The van der Waals surface area contributed by atoms with Gasteiger partial charge in [-0.25, -0.2) is 18.0 Å². The molecule has 4 N–H and O–H groups in total. The van der Waals surface area contributed by atoms with E-state index in [1.165, 1.54) is 12.1 Å². The highest BCUT2D eigenvalue weighted by Crippen LogP contribution is 2.28. The minimum absolute atomic E-state index is 0.207. The van der Waals surface area contributed by atoms with Gasteiger partial charge in [0.2, 0.25) is 0 Å². The van der Waals surface area contributed by atoms with Gasteiger partial charge < -0.3 is 20.8 Å². The molecule has 1 amide bonds. The van der Waals surface area contributed by atoms with Gasteiger partial charge in [-0.2, -0.15) is 0 Å². The topological polar surface area (TPSA) is 98.7 Å². The van der Waals surface area contributed by atoms with E-state index in [0.717, 1.165) is 12.1 Å². The Kier molecular flexibility index (Phi) is 6.42. The molecule has 10 heteroatoms. The average Bonchev–Trinajstić information content (AvgIpc) is 2.58. The van der Waals surface area contributed by atoms with E-state index in [0.29, 0.717) is 9.64 Å².